The van der Waals surface area contributed by atoms with E-state index in [9.17, 15) is 4.79 Å². The fourth-order valence-corrected chi connectivity index (χ4v) is 1.07. The number of guanidine groups is 1. The van der Waals surface area contributed by atoms with Crippen molar-refractivity contribution in [3.63, 3.8) is 0 Å². The second-order valence-electron chi connectivity index (χ2n) is 2.46. The maximum absolute atomic E-state index is 11.2. The van der Waals surface area contributed by atoms with Crippen molar-refractivity contribution < 1.29 is 4.79 Å². The van der Waals surface area contributed by atoms with Crippen LogP contribution in [0.1, 0.15) is 0 Å². The van der Waals surface area contributed by atoms with Gasteiger partial charge in [-0.05, 0) is 12.1 Å². The van der Waals surface area contributed by atoms with Crippen LogP contribution >= 0.6 is 11.8 Å². The lowest BCUT2D eigenvalue weighted by atomic mass is 10.3. The van der Waals surface area contributed by atoms with Crippen molar-refractivity contribution in [2.45, 2.75) is 0 Å². The van der Waals surface area contributed by atoms with Crippen LogP contribution in [0.3, 0.4) is 0 Å². The molecule has 14 heavy (non-hydrogen) atoms. The van der Waals surface area contributed by atoms with E-state index in [1.54, 1.807) is 30.3 Å². The summed E-state index contributed by atoms with van der Waals surface area (Å²) in [7, 11) is 0. The summed E-state index contributed by atoms with van der Waals surface area (Å²) in [5.74, 6) is -0.394. The van der Waals surface area contributed by atoms with Gasteiger partial charge in [0.2, 0.25) is 5.96 Å². The first kappa shape index (κ1) is 10.3. The van der Waals surface area contributed by atoms with Crippen molar-refractivity contribution in [2.75, 3.05) is 4.90 Å². The van der Waals surface area contributed by atoms with Gasteiger partial charge >= 0.3 is 6.03 Å². The zero-order chi connectivity index (χ0) is 10.6. The molecule has 74 valence electrons. The highest BCUT2D eigenvalue weighted by molar-refractivity contribution is 6.27. The molecule has 0 atom stereocenters. The highest BCUT2D eigenvalue weighted by Gasteiger charge is 2.16. The van der Waals surface area contributed by atoms with Gasteiger partial charge in [0, 0.05) is 11.8 Å². The molecule has 0 radical (unpaired) electrons. The third kappa shape index (κ3) is 2.14. The Balaban J connectivity index is 3.01. The zero-order valence-corrected chi connectivity index (χ0v) is 7.95. The first-order chi connectivity index (χ1) is 6.66. The normalized spacial score (nSPS) is 9.21. The van der Waals surface area contributed by atoms with Gasteiger partial charge in [-0.3, -0.25) is 5.41 Å². The number of hydrogen-bond donors (Lipinski definition) is 3. The molecule has 6 heteroatoms. The van der Waals surface area contributed by atoms with Crippen LogP contribution in [0.5, 0.6) is 0 Å². The lowest BCUT2D eigenvalue weighted by molar-refractivity contribution is 0.254. The van der Waals surface area contributed by atoms with E-state index in [4.69, 9.17) is 22.9 Å². The maximum Gasteiger partial charge on any atom is 0.343 e. The first-order valence-corrected chi connectivity index (χ1v) is 4.14. The number of anilines is 1. The minimum atomic E-state index is -0.662. The molecule has 0 fully saturated rings. The number of nitrogens with zero attached hydrogens (tertiary/aromatic N) is 1. The molecule has 0 aliphatic heterocycles. The average Bonchev–Trinajstić information content (AvgIpc) is 2.19. The molecule has 1 aromatic rings. The minimum Gasteiger partial charge on any atom is -0.369 e. The molecular weight excluding hydrogens is 204 g/mol. The predicted octanol–water partition coefficient (Wildman–Crippen LogP) is 1.25. The molecule has 1 rings (SSSR count). The molecule has 0 aliphatic carbocycles. The van der Waals surface area contributed by atoms with Gasteiger partial charge in [0.25, 0.3) is 0 Å². The molecule has 4 N–H and O–H groups in total. The van der Waals surface area contributed by atoms with Crippen LogP contribution in [-0.2, 0) is 0 Å². The largest absolute Gasteiger partial charge is 0.369 e. The summed E-state index contributed by atoms with van der Waals surface area (Å²) >= 11 is 5.15. The molecule has 0 unspecified atom stereocenters. The summed E-state index contributed by atoms with van der Waals surface area (Å²) in [6.07, 6.45) is 0. The van der Waals surface area contributed by atoms with E-state index >= 15 is 0 Å². The standard InChI is InChI=1S/C8H9ClN4O/c9-12-8(14)13(7(10)11)6-4-2-1-3-5-6/h1-5H,(H3,10,11)(H,12,14). The highest BCUT2D eigenvalue weighted by Crippen LogP contribution is 2.12. The second kappa shape index (κ2) is 4.48. The number of para-hydroxylation sites is 1. The van der Waals surface area contributed by atoms with E-state index in [1.807, 2.05) is 4.84 Å². The lowest BCUT2D eigenvalue weighted by Gasteiger charge is -2.18. The number of carbonyl (C=O) groups excluding carboxylic acids is 1. The first-order valence-electron chi connectivity index (χ1n) is 3.76. The monoisotopic (exact) mass is 212 g/mol. The summed E-state index contributed by atoms with van der Waals surface area (Å²) in [5, 5.41) is 7.21. The SMILES string of the molecule is N=C(N)N(C(=O)NCl)c1ccccc1. The topological polar surface area (TPSA) is 82.2 Å². The molecular formula is C8H9ClN4O. The molecule has 1 aromatic carbocycles. The Kier molecular flexibility index (Phi) is 3.30. The van der Waals surface area contributed by atoms with Gasteiger partial charge < -0.3 is 5.73 Å². The Hall–Kier alpha value is -1.75. The van der Waals surface area contributed by atoms with E-state index in [0.29, 0.717) is 5.69 Å². The number of carbonyl (C=O) groups is 1. The van der Waals surface area contributed by atoms with Crippen molar-refractivity contribution in [3.05, 3.63) is 30.3 Å². The number of halogens is 1. The molecule has 0 saturated carbocycles. The number of amides is 2. The number of nitrogens with two attached hydrogens (primary N) is 1. The molecule has 0 bridgehead atoms. The molecule has 5 nitrogen and oxygen atoms in total. The Bertz CT molecular complexity index is 340. The smallest absolute Gasteiger partial charge is 0.343 e. The summed E-state index contributed by atoms with van der Waals surface area (Å²) in [6.45, 7) is 0. The molecule has 0 heterocycles. The fraction of sp³-hybridized carbons (Fsp3) is 0. The van der Waals surface area contributed by atoms with Crippen LogP contribution in [0.25, 0.3) is 0 Å². The third-order valence-electron chi connectivity index (χ3n) is 1.54. The lowest BCUT2D eigenvalue weighted by Crippen LogP contribution is -2.44. The molecule has 2 amide bonds. The fourth-order valence-electron chi connectivity index (χ4n) is 0.985. The van der Waals surface area contributed by atoms with Gasteiger partial charge in [-0.25, -0.2) is 14.5 Å². The minimum absolute atomic E-state index is 0.394. The summed E-state index contributed by atoms with van der Waals surface area (Å²) < 4.78 is 0. The Morgan fingerprint density at radius 1 is 1.43 bits per heavy atom. The number of urea groups is 1. The van der Waals surface area contributed by atoms with Gasteiger partial charge in [0.15, 0.2) is 0 Å². The molecule has 0 spiro atoms. The Labute approximate surface area is 86.1 Å². The van der Waals surface area contributed by atoms with Crippen molar-refractivity contribution in [1.29, 1.82) is 5.41 Å². The van der Waals surface area contributed by atoms with Gasteiger partial charge in [-0.1, -0.05) is 18.2 Å². The van der Waals surface area contributed by atoms with Crippen LogP contribution in [0.15, 0.2) is 30.3 Å². The zero-order valence-electron chi connectivity index (χ0n) is 7.20. The third-order valence-corrected chi connectivity index (χ3v) is 1.70. The van der Waals surface area contributed by atoms with E-state index < -0.39 is 12.0 Å². The van der Waals surface area contributed by atoms with Crippen molar-refractivity contribution in [3.8, 4) is 0 Å². The molecule has 0 aromatic heterocycles. The van der Waals surface area contributed by atoms with Gasteiger partial charge in [-0.2, -0.15) is 0 Å². The highest BCUT2D eigenvalue weighted by atomic mass is 35.5. The van der Waals surface area contributed by atoms with Crippen LogP contribution in [-0.4, -0.2) is 12.0 Å². The molecule has 0 saturated heterocycles. The Morgan fingerprint density at radius 2 is 2.00 bits per heavy atom. The van der Waals surface area contributed by atoms with E-state index in [-0.39, 0.29) is 0 Å². The van der Waals surface area contributed by atoms with Crippen molar-refractivity contribution in [2.24, 2.45) is 5.73 Å². The van der Waals surface area contributed by atoms with Gasteiger partial charge in [-0.15, -0.1) is 0 Å². The van der Waals surface area contributed by atoms with E-state index in [2.05, 4.69) is 0 Å². The van der Waals surface area contributed by atoms with Crippen molar-refractivity contribution in [1.82, 2.24) is 4.84 Å². The van der Waals surface area contributed by atoms with Crippen LogP contribution in [0.4, 0.5) is 10.5 Å². The maximum atomic E-state index is 11.2. The summed E-state index contributed by atoms with van der Waals surface area (Å²) in [4.78, 5) is 14.1. The van der Waals surface area contributed by atoms with Crippen LogP contribution in [0, 0.1) is 5.41 Å². The van der Waals surface area contributed by atoms with E-state index in [0.717, 1.165) is 4.90 Å². The number of rotatable bonds is 1. The summed E-state index contributed by atoms with van der Waals surface area (Å²) in [6, 6.07) is 7.88. The second-order valence-corrected chi connectivity index (χ2v) is 2.64. The summed E-state index contributed by atoms with van der Waals surface area (Å²) in [5.41, 5.74) is 5.72. The number of hydrogen-bond acceptors (Lipinski definition) is 2. The van der Waals surface area contributed by atoms with E-state index in [1.165, 1.54) is 0 Å². The van der Waals surface area contributed by atoms with Crippen LogP contribution < -0.4 is 15.5 Å². The number of benzene rings is 1. The molecule has 0 aliphatic rings. The quantitative estimate of drug-likeness (QED) is 0.372. The van der Waals surface area contributed by atoms with Gasteiger partial charge in [0.05, 0.1) is 5.69 Å². The number of nitrogens with one attached hydrogen (secondary N) is 2. The van der Waals surface area contributed by atoms with Crippen molar-refractivity contribution >= 4 is 29.5 Å². The van der Waals surface area contributed by atoms with Gasteiger partial charge in [0.1, 0.15) is 0 Å². The average molecular weight is 213 g/mol. The Morgan fingerprint density at radius 3 is 2.43 bits per heavy atom. The predicted molar refractivity (Wildman–Crippen MR) is 55.2 cm³/mol. The van der Waals surface area contributed by atoms with Crippen LogP contribution in [0.2, 0.25) is 0 Å².